The molecule has 0 spiro atoms. The Kier molecular flexibility index (Phi) is 6.75. The second kappa shape index (κ2) is 9.09. The Morgan fingerprint density at radius 3 is 2.24 bits per heavy atom. The molecule has 5 nitrogen and oxygen atoms in total. The molecule has 1 N–H and O–H groups in total. The van der Waals surface area contributed by atoms with E-state index in [0.29, 0.717) is 19.4 Å². The van der Waals surface area contributed by atoms with Crippen molar-refractivity contribution in [2.75, 3.05) is 13.1 Å². The molecule has 2 unspecified atom stereocenters. The van der Waals surface area contributed by atoms with Gasteiger partial charge in [-0.1, -0.05) is 54.4 Å². The molecule has 29 heavy (non-hydrogen) atoms. The van der Waals surface area contributed by atoms with Crippen molar-refractivity contribution in [1.82, 2.24) is 9.62 Å². The average molecular weight is 415 g/mol. The number of hydrogen-bond acceptors (Lipinski definition) is 3. The van der Waals surface area contributed by atoms with E-state index in [1.165, 1.54) is 9.87 Å². The fraction of sp³-hybridized carbons (Fsp3) is 0.435. The van der Waals surface area contributed by atoms with E-state index in [1.54, 1.807) is 24.3 Å². The number of nitrogens with zero attached hydrogens (tertiary/aromatic N) is 1. The quantitative estimate of drug-likeness (QED) is 0.778. The minimum atomic E-state index is -3.58. The van der Waals surface area contributed by atoms with Crippen LogP contribution >= 0.6 is 0 Å². The fourth-order valence-electron chi connectivity index (χ4n) is 3.74. The molecule has 1 aliphatic heterocycles. The summed E-state index contributed by atoms with van der Waals surface area (Å²) in [5.41, 5.74) is 3.27. The van der Waals surface area contributed by atoms with Gasteiger partial charge >= 0.3 is 0 Å². The van der Waals surface area contributed by atoms with Gasteiger partial charge in [-0.05, 0) is 50.8 Å². The predicted molar refractivity (Wildman–Crippen MR) is 115 cm³/mol. The third-order valence-electron chi connectivity index (χ3n) is 5.62. The van der Waals surface area contributed by atoms with Gasteiger partial charge in [0.2, 0.25) is 15.9 Å². The molecule has 1 aliphatic rings. The van der Waals surface area contributed by atoms with Gasteiger partial charge in [0.25, 0.3) is 0 Å². The molecule has 1 amide bonds. The number of sulfonamides is 1. The summed E-state index contributed by atoms with van der Waals surface area (Å²) in [7, 11) is -3.58. The second-order valence-corrected chi connectivity index (χ2v) is 9.83. The highest BCUT2D eigenvalue weighted by Crippen LogP contribution is 2.25. The van der Waals surface area contributed by atoms with Crippen molar-refractivity contribution in [3.8, 4) is 0 Å². The minimum absolute atomic E-state index is 0.0628. The Hall–Kier alpha value is -2.18. The van der Waals surface area contributed by atoms with Crippen LogP contribution in [-0.4, -0.2) is 31.7 Å². The normalized spacial score (nSPS) is 18.9. The first kappa shape index (κ1) is 21.5. The first-order valence-corrected chi connectivity index (χ1v) is 11.7. The van der Waals surface area contributed by atoms with Crippen LogP contribution in [0.3, 0.4) is 0 Å². The van der Waals surface area contributed by atoms with E-state index in [2.05, 4.69) is 5.32 Å². The molecule has 3 rings (SSSR count). The molecule has 0 radical (unpaired) electrons. The highest BCUT2D eigenvalue weighted by atomic mass is 32.2. The number of carbonyl (C=O) groups is 1. The highest BCUT2D eigenvalue weighted by molar-refractivity contribution is 7.89. The Labute approximate surface area is 174 Å². The molecule has 2 aromatic carbocycles. The third-order valence-corrected chi connectivity index (χ3v) is 7.50. The van der Waals surface area contributed by atoms with Crippen LogP contribution in [0.5, 0.6) is 0 Å². The molecule has 0 aliphatic carbocycles. The van der Waals surface area contributed by atoms with Gasteiger partial charge in [0.1, 0.15) is 0 Å². The van der Waals surface area contributed by atoms with Gasteiger partial charge in [-0.15, -0.1) is 0 Å². The topological polar surface area (TPSA) is 66.5 Å². The second-order valence-electron chi connectivity index (χ2n) is 7.90. The van der Waals surface area contributed by atoms with Gasteiger partial charge in [-0.2, -0.15) is 4.31 Å². The van der Waals surface area contributed by atoms with Gasteiger partial charge in [0, 0.05) is 13.1 Å². The lowest BCUT2D eigenvalue weighted by Gasteiger charge is -2.32. The van der Waals surface area contributed by atoms with Gasteiger partial charge in [0.15, 0.2) is 0 Å². The summed E-state index contributed by atoms with van der Waals surface area (Å²) in [4.78, 5) is 13.2. The van der Waals surface area contributed by atoms with Crippen LogP contribution < -0.4 is 5.32 Å². The van der Waals surface area contributed by atoms with Crippen LogP contribution in [0.2, 0.25) is 0 Å². The van der Waals surface area contributed by atoms with Crippen molar-refractivity contribution < 1.29 is 13.2 Å². The monoisotopic (exact) mass is 414 g/mol. The molecule has 1 fully saturated rings. The van der Waals surface area contributed by atoms with E-state index < -0.39 is 10.0 Å². The average Bonchev–Trinajstić information content (AvgIpc) is 2.73. The lowest BCUT2D eigenvalue weighted by molar-refractivity contribution is -0.126. The molecule has 1 saturated heterocycles. The van der Waals surface area contributed by atoms with E-state index in [1.807, 2.05) is 45.0 Å². The SMILES string of the molecule is CCC(NC(=O)C1CCCN(S(=O)(=O)c2ccc(C)cc2)C1)c1ccc(C)cc1. The summed E-state index contributed by atoms with van der Waals surface area (Å²) in [5.74, 6) is -0.398. The molecule has 2 aromatic rings. The largest absolute Gasteiger partial charge is 0.349 e. The van der Waals surface area contributed by atoms with Crippen molar-refractivity contribution in [3.63, 3.8) is 0 Å². The molecule has 6 heteroatoms. The van der Waals surface area contributed by atoms with Gasteiger partial charge < -0.3 is 5.32 Å². The number of amides is 1. The van der Waals surface area contributed by atoms with Crippen molar-refractivity contribution >= 4 is 15.9 Å². The van der Waals surface area contributed by atoms with Crippen molar-refractivity contribution in [2.45, 2.75) is 51.0 Å². The number of aryl methyl sites for hydroxylation is 2. The van der Waals surface area contributed by atoms with Crippen molar-refractivity contribution in [3.05, 3.63) is 65.2 Å². The number of piperidine rings is 1. The standard InChI is InChI=1S/C23H30N2O3S/c1-4-22(19-11-7-17(2)8-12-19)24-23(26)20-6-5-15-25(16-20)29(27,28)21-13-9-18(3)10-14-21/h7-14,20,22H,4-6,15-16H2,1-3H3,(H,24,26). The highest BCUT2D eigenvalue weighted by Gasteiger charge is 2.33. The Balaban J connectivity index is 1.70. The maximum Gasteiger partial charge on any atom is 0.243 e. The van der Waals surface area contributed by atoms with E-state index in [-0.39, 0.29) is 29.3 Å². The number of nitrogens with one attached hydrogen (secondary N) is 1. The number of hydrogen-bond donors (Lipinski definition) is 1. The fourth-order valence-corrected chi connectivity index (χ4v) is 5.27. The van der Waals surface area contributed by atoms with Gasteiger partial charge in [0.05, 0.1) is 16.9 Å². The zero-order valence-corrected chi connectivity index (χ0v) is 18.2. The summed E-state index contributed by atoms with van der Waals surface area (Å²) >= 11 is 0. The summed E-state index contributed by atoms with van der Waals surface area (Å²) in [6.45, 7) is 6.69. The van der Waals surface area contributed by atoms with Crippen LogP contribution in [-0.2, 0) is 14.8 Å². The summed E-state index contributed by atoms with van der Waals surface area (Å²) < 4.78 is 27.4. The molecule has 2 atom stereocenters. The zero-order chi connectivity index (χ0) is 21.0. The minimum Gasteiger partial charge on any atom is -0.349 e. The van der Waals surface area contributed by atoms with Crippen LogP contribution in [0.25, 0.3) is 0 Å². The Morgan fingerprint density at radius 2 is 1.66 bits per heavy atom. The lowest BCUT2D eigenvalue weighted by Crippen LogP contribution is -2.46. The summed E-state index contributed by atoms with van der Waals surface area (Å²) in [6, 6.07) is 15.0. The van der Waals surface area contributed by atoms with Crippen molar-refractivity contribution in [1.29, 1.82) is 0 Å². The van der Waals surface area contributed by atoms with E-state index in [0.717, 1.165) is 17.5 Å². The molecular formula is C23H30N2O3S. The molecule has 1 heterocycles. The van der Waals surface area contributed by atoms with Crippen LogP contribution in [0.15, 0.2) is 53.4 Å². The van der Waals surface area contributed by atoms with E-state index in [9.17, 15) is 13.2 Å². The number of benzene rings is 2. The first-order valence-electron chi connectivity index (χ1n) is 10.2. The van der Waals surface area contributed by atoms with Crippen LogP contribution in [0.4, 0.5) is 0 Å². The molecular weight excluding hydrogens is 384 g/mol. The maximum atomic E-state index is 13.0. The van der Waals surface area contributed by atoms with Crippen molar-refractivity contribution in [2.24, 2.45) is 5.92 Å². The predicted octanol–water partition coefficient (Wildman–Crippen LogP) is 3.97. The van der Waals surface area contributed by atoms with E-state index in [4.69, 9.17) is 0 Å². The molecule has 156 valence electrons. The van der Waals surface area contributed by atoms with Crippen LogP contribution in [0, 0.1) is 19.8 Å². The first-order chi connectivity index (χ1) is 13.8. The number of carbonyl (C=O) groups excluding carboxylic acids is 1. The molecule has 0 saturated carbocycles. The Bertz CT molecular complexity index is 937. The number of rotatable bonds is 6. The third kappa shape index (κ3) is 5.06. The smallest absolute Gasteiger partial charge is 0.243 e. The molecule has 0 aromatic heterocycles. The maximum absolute atomic E-state index is 13.0. The molecule has 0 bridgehead atoms. The lowest BCUT2D eigenvalue weighted by atomic mass is 9.97. The summed E-state index contributed by atoms with van der Waals surface area (Å²) in [6.07, 6.45) is 2.17. The van der Waals surface area contributed by atoms with Crippen LogP contribution in [0.1, 0.15) is 48.9 Å². The Morgan fingerprint density at radius 1 is 1.07 bits per heavy atom. The zero-order valence-electron chi connectivity index (χ0n) is 17.4. The van der Waals surface area contributed by atoms with Gasteiger partial charge in [-0.25, -0.2) is 8.42 Å². The van der Waals surface area contributed by atoms with Gasteiger partial charge in [-0.3, -0.25) is 4.79 Å². The summed E-state index contributed by atoms with van der Waals surface area (Å²) in [5, 5.41) is 3.13. The van der Waals surface area contributed by atoms with E-state index >= 15 is 0 Å².